The SMILES string of the molecule is CCCCCCOc1c(CNC2CC2)cccc1OC. The Morgan fingerprint density at radius 2 is 2.05 bits per heavy atom. The summed E-state index contributed by atoms with van der Waals surface area (Å²) in [6, 6.07) is 6.84. The molecule has 0 radical (unpaired) electrons. The molecular formula is C17H27NO2. The van der Waals surface area contributed by atoms with Gasteiger partial charge in [-0.05, 0) is 25.3 Å². The van der Waals surface area contributed by atoms with Gasteiger partial charge in [0.25, 0.3) is 0 Å². The average molecular weight is 277 g/mol. The third-order valence-corrected chi connectivity index (χ3v) is 3.68. The Morgan fingerprint density at radius 1 is 1.20 bits per heavy atom. The summed E-state index contributed by atoms with van der Waals surface area (Å²) in [5.41, 5.74) is 1.20. The molecule has 2 rings (SSSR count). The summed E-state index contributed by atoms with van der Waals surface area (Å²) in [5, 5.41) is 3.54. The molecule has 0 spiro atoms. The fourth-order valence-corrected chi connectivity index (χ4v) is 2.27. The van der Waals surface area contributed by atoms with E-state index in [0.29, 0.717) is 6.04 Å². The maximum absolute atomic E-state index is 5.99. The Kier molecular flexibility index (Phi) is 6.19. The molecule has 0 atom stereocenters. The number of hydrogen-bond donors (Lipinski definition) is 1. The van der Waals surface area contributed by atoms with Crippen LogP contribution >= 0.6 is 0 Å². The minimum atomic E-state index is 0.707. The van der Waals surface area contributed by atoms with Gasteiger partial charge in [0.05, 0.1) is 13.7 Å². The van der Waals surface area contributed by atoms with Gasteiger partial charge in [0.2, 0.25) is 0 Å². The van der Waals surface area contributed by atoms with Gasteiger partial charge in [-0.25, -0.2) is 0 Å². The second-order valence-corrected chi connectivity index (χ2v) is 5.51. The molecule has 20 heavy (non-hydrogen) atoms. The monoisotopic (exact) mass is 277 g/mol. The lowest BCUT2D eigenvalue weighted by Gasteiger charge is -2.15. The van der Waals surface area contributed by atoms with Gasteiger partial charge in [-0.3, -0.25) is 0 Å². The molecule has 0 aromatic heterocycles. The fourth-order valence-electron chi connectivity index (χ4n) is 2.27. The average Bonchev–Trinajstić information content (AvgIpc) is 3.29. The predicted octanol–water partition coefficient (Wildman–Crippen LogP) is 3.91. The highest BCUT2D eigenvalue weighted by molar-refractivity contribution is 5.46. The second kappa shape index (κ2) is 8.15. The molecule has 0 heterocycles. The van der Waals surface area contributed by atoms with E-state index in [1.807, 2.05) is 12.1 Å². The van der Waals surface area contributed by atoms with E-state index in [1.54, 1.807) is 7.11 Å². The minimum absolute atomic E-state index is 0.707. The van der Waals surface area contributed by atoms with Crippen LogP contribution in [-0.2, 0) is 6.54 Å². The van der Waals surface area contributed by atoms with Crippen molar-refractivity contribution in [3.63, 3.8) is 0 Å². The van der Waals surface area contributed by atoms with Crippen LogP contribution in [0.3, 0.4) is 0 Å². The molecule has 3 nitrogen and oxygen atoms in total. The van der Waals surface area contributed by atoms with Gasteiger partial charge in [0.1, 0.15) is 0 Å². The van der Waals surface area contributed by atoms with E-state index in [0.717, 1.165) is 31.1 Å². The maximum atomic E-state index is 5.99. The van der Waals surface area contributed by atoms with Gasteiger partial charge < -0.3 is 14.8 Å². The first-order valence-electron chi connectivity index (χ1n) is 7.87. The Hall–Kier alpha value is -1.22. The molecule has 112 valence electrons. The van der Waals surface area contributed by atoms with Crippen LogP contribution in [0.1, 0.15) is 51.0 Å². The number of hydrogen-bond acceptors (Lipinski definition) is 3. The summed E-state index contributed by atoms with van der Waals surface area (Å²) in [6.07, 6.45) is 7.49. The lowest BCUT2D eigenvalue weighted by atomic mass is 10.1. The van der Waals surface area contributed by atoms with E-state index in [9.17, 15) is 0 Å². The van der Waals surface area contributed by atoms with Crippen molar-refractivity contribution in [1.29, 1.82) is 0 Å². The van der Waals surface area contributed by atoms with E-state index in [2.05, 4.69) is 18.3 Å². The summed E-state index contributed by atoms with van der Waals surface area (Å²) in [6.45, 7) is 3.87. The smallest absolute Gasteiger partial charge is 0.165 e. The van der Waals surface area contributed by atoms with E-state index >= 15 is 0 Å². The van der Waals surface area contributed by atoms with Crippen molar-refractivity contribution in [1.82, 2.24) is 5.32 Å². The summed E-state index contributed by atoms with van der Waals surface area (Å²) in [5.74, 6) is 1.76. The Labute approximate surface area is 122 Å². The molecule has 0 amide bonds. The van der Waals surface area contributed by atoms with Gasteiger partial charge in [-0.15, -0.1) is 0 Å². The predicted molar refractivity (Wildman–Crippen MR) is 82.5 cm³/mol. The van der Waals surface area contributed by atoms with Gasteiger partial charge in [0.15, 0.2) is 11.5 Å². The Morgan fingerprint density at radius 3 is 2.75 bits per heavy atom. The zero-order valence-corrected chi connectivity index (χ0v) is 12.8. The highest BCUT2D eigenvalue weighted by atomic mass is 16.5. The number of ether oxygens (including phenoxy) is 2. The summed E-state index contributed by atoms with van der Waals surface area (Å²) in [7, 11) is 1.71. The van der Waals surface area contributed by atoms with Crippen LogP contribution in [0, 0.1) is 0 Å². The zero-order chi connectivity index (χ0) is 14.2. The standard InChI is InChI=1S/C17H27NO2/c1-3-4-5-6-12-20-17-14(13-18-15-10-11-15)8-7-9-16(17)19-2/h7-9,15,18H,3-6,10-13H2,1-2H3. The lowest BCUT2D eigenvalue weighted by molar-refractivity contribution is 0.281. The molecule has 1 aromatic carbocycles. The summed E-state index contributed by atoms with van der Waals surface area (Å²) < 4.78 is 11.4. The summed E-state index contributed by atoms with van der Waals surface area (Å²) in [4.78, 5) is 0. The van der Waals surface area contributed by atoms with Crippen molar-refractivity contribution in [2.24, 2.45) is 0 Å². The summed E-state index contributed by atoms with van der Waals surface area (Å²) >= 11 is 0. The highest BCUT2D eigenvalue weighted by Gasteiger charge is 2.21. The zero-order valence-electron chi connectivity index (χ0n) is 12.8. The van der Waals surface area contributed by atoms with Crippen LogP contribution in [0.5, 0.6) is 11.5 Å². The third kappa shape index (κ3) is 4.71. The first-order chi connectivity index (χ1) is 9.85. The molecular weight excluding hydrogens is 250 g/mol. The van der Waals surface area contributed by atoms with Crippen molar-refractivity contribution < 1.29 is 9.47 Å². The molecule has 1 aliphatic rings. The van der Waals surface area contributed by atoms with Crippen molar-refractivity contribution in [2.75, 3.05) is 13.7 Å². The van der Waals surface area contributed by atoms with E-state index in [4.69, 9.17) is 9.47 Å². The largest absolute Gasteiger partial charge is 0.493 e. The van der Waals surface area contributed by atoms with Crippen molar-refractivity contribution in [2.45, 2.75) is 58.0 Å². The highest BCUT2D eigenvalue weighted by Crippen LogP contribution is 2.32. The van der Waals surface area contributed by atoms with Gasteiger partial charge in [-0.1, -0.05) is 38.3 Å². The quantitative estimate of drug-likeness (QED) is 0.658. The topological polar surface area (TPSA) is 30.5 Å². The molecule has 0 aliphatic heterocycles. The van der Waals surface area contributed by atoms with Crippen LogP contribution in [0.15, 0.2) is 18.2 Å². The molecule has 1 aliphatic carbocycles. The van der Waals surface area contributed by atoms with E-state index in [1.165, 1.54) is 37.7 Å². The van der Waals surface area contributed by atoms with E-state index < -0.39 is 0 Å². The fraction of sp³-hybridized carbons (Fsp3) is 0.647. The van der Waals surface area contributed by atoms with Gasteiger partial charge in [0, 0.05) is 18.2 Å². The molecule has 0 saturated heterocycles. The second-order valence-electron chi connectivity index (χ2n) is 5.51. The van der Waals surface area contributed by atoms with Gasteiger partial charge in [-0.2, -0.15) is 0 Å². The van der Waals surface area contributed by atoms with E-state index in [-0.39, 0.29) is 0 Å². The molecule has 0 unspecified atom stereocenters. The normalized spacial score (nSPS) is 14.3. The first-order valence-corrected chi connectivity index (χ1v) is 7.87. The minimum Gasteiger partial charge on any atom is -0.493 e. The Balaban J connectivity index is 1.91. The van der Waals surface area contributed by atoms with Gasteiger partial charge >= 0.3 is 0 Å². The number of unbranched alkanes of at least 4 members (excludes halogenated alkanes) is 3. The Bertz CT molecular complexity index is 402. The van der Waals surface area contributed by atoms with Crippen LogP contribution in [-0.4, -0.2) is 19.8 Å². The number of methoxy groups -OCH3 is 1. The number of para-hydroxylation sites is 1. The first kappa shape index (κ1) is 15.2. The molecule has 3 heteroatoms. The number of nitrogens with one attached hydrogen (secondary N) is 1. The number of rotatable bonds is 10. The van der Waals surface area contributed by atoms with Crippen molar-refractivity contribution in [3.8, 4) is 11.5 Å². The molecule has 1 saturated carbocycles. The lowest BCUT2D eigenvalue weighted by Crippen LogP contribution is -2.16. The van der Waals surface area contributed by atoms with Crippen LogP contribution < -0.4 is 14.8 Å². The van der Waals surface area contributed by atoms with Crippen LogP contribution in [0.25, 0.3) is 0 Å². The molecule has 1 N–H and O–H groups in total. The van der Waals surface area contributed by atoms with Crippen molar-refractivity contribution >= 4 is 0 Å². The molecule has 0 bridgehead atoms. The maximum Gasteiger partial charge on any atom is 0.165 e. The number of benzene rings is 1. The third-order valence-electron chi connectivity index (χ3n) is 3.68. The van der Waals surface area contributed by atoms with Crippen LogP contribution in [0.4, 0.5) is 0 Å². The van der Waals surface area contributed by atoms with Crippen molar-refractivity contribution in [3.05, 3.63) is 23.8 Å². The van der Waals surface area contributed by atoms with Crippen LogP contribution in [0.2, 0.25) is 0 Å². The molecule has 1 fully saturated rings. The molecule has 1 aromatic rings.